The molecule has 1 unspecified atom stereocenters. The Hall–Kier alpha value is -2.04. The highest BCUT2D eigenvalue weighted by Gasteiger charge is 2.29. The Balaban J connectivity index is 1.66. The molecule has 1 fully saturated rings. The predicted octanol–water partition coefficient (Wildman–Crippen LogP) is 1.81. The van der Waals surface area contributed by atoms with Gasteiger partial charge in [-0.15, -0.1) is 0 Å². The van der Waals surface area contributed by atoms with Gasteiger partial charge in [-0.25, -0.2) is 0 Å². The summed E-state index contributed by atoms with van der Waals surface area (Å²) in [6, 6.07) is 3.83. The number of amides is 2. The van der Waals surface area contributed by atoms with Crippen LogP contribution in [0, 0.1) is 0 Å². The Kier molecular flexibility index (Phi) is 4.55. The van der Waals surface area contributed by atoms with Gasteiger partial charge in [-0.1, -0.05) is 6.07 Å². The fraction of sp³-hybridized carbons (Fsp3) is 0.556. The second-order valence-electron chi connectivity index (χ2n) is 6.37. The molecule has 0 saturated carbocycles. The van der Waals surface area contributed by atoms with Gasteiger partial charge in [-0.2, -0.15) is 0 Å². The second kappa shape index (κ2) is 6.60. The van der Waals surface area contributed by atoms with Crippen molar-refractivity contribution in [2.45, 2.75) is 51.6 Å². The number of hydrogen-bond donors (Lipinski definition) is 1. The van der Waals surface area contributed by atoms with Crippen molar-refractivity contribution < 1.29 is 14.3 Å². The number of carbonyl (C=O) groups is 2. The van der Waals surface area contributed by atoms with E-state index in [9.17, 15) is 9.59 Å². The first-order valence-corrected chi connectivity index (χ1v) is 8.36. The van der Waals surface area contributed by atoms with Crippen molar-refractivity contribution in [3.8, 4) is 5.75 Å². The first-order valence-electron chi connectivity index (χ1n) is 8.36. The third kappa shape index (κ3) is 3.19. The third-order valence-electron chi connectivity index (χ3n) is 4.90. The van der Waals surface area contributed by atoms with E-state index in [1.165, 1.54) is 17.5 Å². The van der Waals surface area contributed by atoms with E-state index < -0.39 is 6.04 Å². The quantitative estimate of drug-likeness (QED) is 0.901. The number of benzene rings is 1. The van der Waals surface area contributed by atoms with Gasteiger partial charge in [0, 0.05) is 25.1 Å². The fourth-order valence-electron chi connectivity index (χ4n) is 3.53. The van der Waals surface area contributed by atoms with Gasteiger partial charge >= 0.3 is 0 Å². The van der Waals surface area contributed by atoms with Crippen molar-refractivity contribution in [1.82, 2.24) is 10.2 Å². The van der Waals surface area contributed by atoms with Crippen LogP contribution in [0.1, 0.15) is 42.9 Å². The van der Waals surface area contributed by atoms with Crippen molar-refractivity contribution in [2.24, 2.45) is 0 Å². The summed E-state index contributed by atoms with van der Waals surface area (Å²) in [5.41, 5.74) is 3.72. The number of nitrogens with one attached hydrogen (secondary N) is 1. The average Bonchev–Trinajstić information content (AvgIpc) is 3.18. The van der Waals surface area contributed by atoms with Crippen molar-refractivity contribution in [1.29, 1.82) is 0 Å². The Bertz CT molecular complexity index is 627. The molecule has 1 aromatic carbocycles. The summed E-state index contributed by atoms with van der Waals surface area (Å²) in [4.78, 5) is 25.7. The standard InChI is InChI=1S/C18H24N2O3/c1-12(20-8-4-7-17(20)21)18(22)19-11-15-9-13-5-3-6-14(13)10-16(15)23-2/h9-10,12H,3-8,11H2,1-2H3,(H,19,22). The van der Waals surface area contributed by atoms with Crippen molar-refractivity contribution in [2.75, 3.05) is 13.7 Å². The van der Waals surface area contributed by atoms with Crippen LogP contribution in [0.4, 0.5) is 0 Å². The van der Waals surface area contributed by atoms with Crippen LogP contribution in [0.5, 0.6) is 5.75 Å². The van der Waals surface area contributed by atoms with Crippen LogP contribution < -0.4 is 10.1 Å². The molecule has 5 heteroatoms. The zero-order chi connectivity index (χ0) is 16.4. The predicted molar refractivity (Wildman–Crippen MR) is 87.3 cm³/mol. The topological polar surface area (TPSA) is 58.6 Å². The number of rotatable bonds is 5. The third-order valence-corrected chi connectivity index (χ3v) is 4.90. The number of ether oxygens (including phenoxy) is 1. The SMILES string of the molecule is COc1cc2c(cc1CNC(=O)C(C)N1CCCC1=O)CCC2. The van der Waals surface area contributed by atoms with Gasteiger partial charge < -0.3 is 15.0 Å². The Morgan fingerprint density at radius 2 is 2.00 bits per heavy atom. The molecule has 3 rings (SSSR count). The normalized spacial score (nSPS) is 18.0. The molecule has 2 aliphatic rings. The minimum Gasteiger partial charge on any atom is -0.496 e. The van der Waals surface area contributed by atoms with Crippen LogP contribution in [-0.4, -0.2) is 36.4 Å². The highest BCUT2D eigenvalue weighted by atomic mass is 16.5. The maximum Gasteiger partial charge on any atom is 0.242 e. The molecule has 1 atom stereocenters. The molecule has 23 heavy (non-hydrogen) atoms. The molecule has 0 aromatic heterocycles. The van der Waals surface area contributed by atoms with E-state index in [2.05, 4.69) is 17.4 Å². The first-order chi connectivity index (χ1) is 11.1. The molecule has 1 aliphatic carbocycles. The van der Waals surface area contributed by atoms with Gasteiger partial charge in [0.2, 0.25) is 11.8 Å². The Labute approximate surface area is 137 Å². The average molecular weight is 316 g/mol. The molecular formula is C18H24N2O3. The number of likely N-dealkylation sites (tertiary alicyclic amines) is 1. The second-order valence-corrected chi connectivity index (χ2v) is 6.37. The molecule has 2 amide bonds. The van der Waals surface area contributed by atoms with E-state index in [-0.39, 0.29) is 11.8 Å². The zero-order valence-corrected chi connectivity index (χ0v) is 13.9. The van der Waals surface area contributed by atoms with Gasteiger partial charge in [-0.3, -0.25) is 9.59 Å². The van der Waals surface area contributed by atoms with Crippen LogP contribution in [0.2, 0.25) is 0 Å². The molecule has 0 spiro atoms. The van der Waals surface area contributed by atoms with Crippen LogP contribution in [0.25, 0.3) is 0 Å². The van der Waals surface area contributed by atoms with Gasteiger partial charge in [0.25, 0.3) is 0 Å². The molecule has 1 aliphatic heterocycles. The summed E-state index contributed by atoms with van der Waals surface area (Å²) in [6.07, 6.45) is 4.78. The molecule has 1 heterocycles. The monoisotopic (exact) mass is 316 g/mol. The number of fused-ring (bicyclic) bond motifs is 1. The Morgan fingerprint density at radius 1 is 1.26 bits per heavy atom. The van der Waals surface area contributed by atoms with E-state index in [0.717, 1.165) is 30.6 Å². The molecule has 1 saturated heterocycles. The van der Waals surface area contributed by atoms with E-state index in [1.807, 2.05) is 0 Å². The minimum atomic E-state index is -0.412. The summed E-state index contributed by atoms with van der Waals surface area (Å²) in [5.74, 6) is 0.793. The summed E-state index contributed by atoms with van der Waals surface area (Å²) in [6.45, 7) is 2.90. The van der Waals surface area contributed by atoms with Crippen LogP contribution in [-0.2, 0) is 29.0 Å². The van der Waals surface area contributed by atoms with Crippen LogP contribution in [0.15, 0.2) is 12.1 Å². The summed E-state index contributed by atoms with van der Waals surface area (Å²) >= 11 is 0. The number of methoxy groups -OCH3 is 1. The summed E-state index contributed by atoms with van der Waals surface area (Å²) in [7, 11) is 1.66. The summed E-state index contributed by atoms with van der Waals surface area (Å²) < 4.78 is 5.46. The molecule has 5 nitrogen and oxygen atoms in total. The fourth-order valence-corrected chi connectivity index (χ4v) is 3.53. The molecule has 1 N–H and O–H groups in total. The lowest BCUT2D eigenvalue weighted by Gasteiger charge is -2.23. The molecule has 1 aromatic rings. The lowest BCUT2D eigenvalue weighted by Crippen LogP contribution is -2.45. The van der Waals surface area contributed by atoms with E-state index in [1.54, 1.807) is 18.9 Å². The van der Waals surface area contributed by atoms with Crippen molar-refractivity contribution in [3.05, 3.63) is 28.8 Å². The van der Waals surface area contributed by atoms with Gasteiger partial charge in [-0.05, 0) is 49.8 Å². The van der Waals surface area contributed by atoms with Gasteiger partial charge in [0.15, 0.2) is 0 Å². The highest BCUT2D eigenvalue weighted by molar-refractivity contribution is 5.88. The highest BCUT2D eigenvalue weighted by Crippen LogP contribution is 2.29. The number of aryl methyl sites for hydroxylation is 2. The maximum absolute atomic E-state index is 12.3. The molecule has 0 radical (unpaired) electrons. The number of nitrogens with zero attached hydrogens (tertiary/aromatic N) is 1. The van der Waals surface area contributed by atoms with E-state index in [4.69, 9.17) is 4.74 Å². The smallest absolute Gasteiger partial charge is 0.242 e. The molecule has 0 bridgehead atoms. The van der Waals surface area contributed by atoms with E-state index in [0.29, 0.717) is 19.5 Å². The maximum atomic E-state index is 12.3. The Morgan fingerprint density at radius 3 is 2.65 bits per heavy atom. The largest absolute Gasteiger partial charge is 0.496 e. The lowest BCUT2D eigenvalue weighted by molar-refractivity contribution is -0.136. The zero-order valence-electron chi connectivity index (χ0n) is 13.9. The van der Waals surface area contributed by atoms with Crippen LogP contribution in [0.3, 0.4) is 0 Å². The van der Waals surface area contributed by atoms with Gasteiger partial charge in [0.05, 0.1) is 7.11 Å². The number of hydrogen-bond acceptors (Lipinski definition) is 3. The number of carbonyl (C=O) groups excluding carboxylic acids is 2. The molecule has 124 valence electrons. The van der Waals surface area contributed by atoms with Crippen molar-refractivity contribution >= 4 is 11.8 Å². The summed E-state index contributed by atoms with van der Waals surface area (Å²) in [5, 5.41) is 2.95. The minimum absolute atomic E-state index is 0.0720. The van der Waals surface area contributed by atoms with E-state index >= 15 is 0 Å². The molecular weight excluding hydrogens is 292 g/mol. The van der Waals surface area contributed by atoms with Crippen molar-refractivity contribution in [3.63, 3.8) is 0 Å². The first kappa shape index (κ1) is 15.8. The van der Waals surface area contributed by atoms with Crippen LogP contribution >= 0.6 is 0 Å². The van der Waals surface area contributed by atoms with Gasteiger partial charge in [0.1, 0.15) is 11.8 Å². The lowest BCUT2D eigenvalue weighted by atomic mass is 10.0.